The normalized spacial score (nSPS) is 20.7. The van der Waals surface area contributed by atoms with Crippen molar-refractivity contribution in [1.82, 2.24) is 5.43 Å². The molecule has 2 atom stereocenters. The van der Waals surface area contributed by atoms with Crippen LogP contribution in [0.2, 0.25) is 0 Å². The van der Waals surface area contributed by atoms with Gasteiger partial charge in [-0.05, 0) is 36.8 Å². The van der Waals surface area contributed by atoms with Gasteiger partial charge in [0.2, 0.25) is 0 Å². The lowest BCUT2D eigenvalue weighted by molar-refractivity contribution is 0.387. The van der Waals surface area contributed by atoms with Crippen molar-refractivity contribution in [3.63, 3.8) is 0 Å². The van der Waals surface area contributed by atoms with Crippen LogP contribution in [-0.2, 0) is 0 Å². The molecule has 3 N–H and O–H groups in total. The second kappa shape index (κ2) is 6.31. The molecule has 0 spiro atoms. The van der Waals surface area contributed by atoms with Crippen molar-refractivity contribution < 1.29 is 9.47 Å². The van der Waals surface area contributed by atoms with Crippen LogP contribution in [0, 0.1) is 0 Å². The molecule has 2 unspecified atom stereocenters. The molecule has 0 amide bonds. The Morgan fingerprint density at radius 1 is 1.39 bits per heavy atom. The van der Waals surface area contributed by atoms with Gasteiger partial charge in [-0.3, -0.25) is 11.3 Å². The predicted octanol–water partition coefficient (Wildman–Crippen LogP) is 2.10. The summed E-state index contributed by atoms with van der Waals surface area (Å²) in [6.07, 6.45) is 2.43. The molecular formula is C13H20N2O2S. The second-order valence-electron chi connectivity index (χ2n) is 4.30. The van der Waals surface area contributed by atoms with Crippen molar-refractivity contribution >= 4 is 11.8 Å². The maximum Gasteiger partial charge on any atom is 0.123 e. The van der Waals surface area contributed by atoms with Crippen LogP contribution in [-0.4, -0.2) is 25.2 Å². The van der Waals surface area contributed by atoms with Crippen molar-refractivity contribution in [2.45, 2.75) is 24.1 Å². The Hall–Kier alpha value is -0.910. The largest absolute Gasteiger partial charge is 0.497 e. The minimum Gasteiger partial charge on any atom is -0.497 e. The number of benzene rings is 1. The fourth-order valence-corrected chi connectivity index (χ4v) is 3.73. The number of ether oxygens (including phenoxy) is 2. The quantitative estimate of drug-likeness (QED) is 0.632. The van der Waals surface area contributed by atoms with E-state index in [1.54, 1.807) is 14.2 Å². The first kappa shape index (κ1) is 13.5. The summed E-state index contributed by atoms with van der Waals surface area (Å²) in [6, 6.07) is 5.93. The highest BCUT2D eigenvalue weighted by Crippen LogP contribution is 2.39. The molecule has 1 aliphatic rings. The van der Waals surface area contributed by atoms with Crippen LogP contribution in [0.3, 0.4) is 0 Å². The molecule has 1 fully saturated rings. The molecule has 1 saturated heterocycles. The zero-order chi connectivity index (χ0) is 13.0. The Labute approximate surface area is 112 Å². The predicted molar refractivity (Wildman–Crippen MR) is 75.1 cm³/mol. The van der Waals surface area contributed by atoms with E-state index in [1.807, 2.05) is 30.0 Å². The van der Waals surface area contributed by atoms with Crippen molar-refractivity contribution in [3.8, 4) is 11.5 Å². The molecule has 18 heavy (non-hydrogen) atoms. The van der Waals surface area contributed by atoms with Gasteiger partial charge in [-0.25, -0.2) is 0 Å². The van der Waals surface area contributed by atoms with Gasteiger partial charge in [0.25, 0.3) is 0 Å². The van der Waals surface area contributed by atoms with E-state index in [0.717, 1.165) is 17.1 Å². The minimum absolute atomic E-state index is 0.0996. The fourth-order valence-electron chi connectivity index (χ4n) is 2.35. The van der Waals surface area contributed by atoms with Gasteiger partial charge in [0, 0.05) is 10.8 Å². The zero-order valence-corrected chi connectivity index (χ0v) is 11.6. The van der Waals surface area contributed by atoms with Gasteiger partial charge in [-0.2, -0.15) is 11.8 Å². The monoisotopic (exact) mass is 268 g/mol. The number of nitrogens with one attached hydrogen (secondary N) is 1. The molecule has 2 rings (SSSR count). The zero-order valence-electron chi connectivity index (χ0n) is 10.8. The molecule has 0 aromatic heterocycles. The third-order valence-corrected chi connectivity index (χ3v) is 4.75. The van der Waals surface area contributed by atoms with Crippen molar-refractivity contribution in [3.05, 3.63) is 23.8 Å². The summed E-state index contributed by atoms with van der Waals surface area (Å²) in [7, 11) is 3.35. The van der Waals surface area contributed by atoms with E-state index < -0.39 is 0 Å². The number of nitrogens with two attached hydrogens (primary N) is 1. The van der Waals surface area contributed by atoms with Gasteiger partial charge >= 0.3 is 0 Å². The van der Waals surface area contributed by atoms with Gasteiger partial charge in [0.1, 0.15) is 11.5 Å². The third kappa shape index (κ3) is 2.74. The molecular weight excluding hydrogens is 248 g/mol. The fraction of sp³-hybridized carbons (Fsp3) is 0.538. The minimum atomic E-state index is 0.0996. The highest BCUT2D eigenvalue weighted by atomic mass is 32.2. The standard InChI is InChI=1S/C13H20N2O2S/c1-16-9-5-6-11(17-2)10(8-9)13(15-14)12-4-3-7-18-12/h5-6,8,12-13,15H,3-4,7,14H2,1-2H3. The van der Waals surface area contributed by atoms with Crippen LogP contribution in [0.5, 0.6) is 11.5 Å². The molecule has 0 saturated carbocycles. The smallest absolute Gasteiger partial charge is 0.123 e. The Bertz CT molecular complexity index is 395. The Balaban J connectivity index is 2.32. The number of hydrogen-bond donors (Lipinski definition) is 2. The first-order valence-corrected chi connectivity index (χ1v) is 7.14. The lowest BCUT2D eigenvalue weighted by Crippen LogP contribution is -2.34. The van der Waals surface area contributed by atoms with Crippen molar-refractivity contribution in [1.29, 1.82) is 0 Å². The van der Waals surface area contributed by atoms with E-state index in [2.05, 4.69) is 5.43 Å². The molecule has 0 radical (unpaired) electrons. The maximum atomic E-state index is 5.74. The van der Waals surface area contributed by atoms with Crippen molar-refractivity contribution in [2.75, 3.05) is 20.0 Å². The maximum absolute atomic E-state index is 5.74. The number of rotatable bonds is 5. The molecule has 100 valence electrons. The van der Waals surface area contributed by atoms with Gasteiger partial charge < -0.3 is 9.47 Å². The van der Waals surface area contributed by atoms with Crippen LogP contribution in [0.1, 0.15) is 24.4 Å². The van der Waals surface area contributed by atoms with Crippen LogP contribution in [0.4, 0.5) is 0 Å². The summed E-state index contributed by atoms with van der Waals surface area (Å²) in [6.45, 7) is 0. The van der Waals surface area contributed by atoms with Crippen LogP contribution in [0.15, 0.2) is 18.2 Å². The lowest BCUT2D eigenvalue weighted by Gasteiger charge is -2.24. The summed E-state index contributed by atoms with van der Waals surface area (Å²) in [5.41, 5.74) is 4.00. The van der Waals surface area contributed by atoms with E-state index in [1.165, 1.54) is 18.6 Å². The van der Waals surface area contributed by atoms with Crippen molar-refractivity contribution in [2.24, 2.45) is 5.84 Å². The second-order valence-corrected chi connectivity index (χ2v) is 5.65. The number of hydrazine groups is 1. The van der Waals surface area contributed by atoms with E-state index >= 15 is 0 Å². The number of hydrogen-bond acceptors (Lipinski definition) is 5. The van der Waals surface area contributed by atoms with Gasteiger partial charge in [-0.1, -0.05) is 0 Å². The molecule has 1 aromatic carbocycles. The van der Waals surface area contributed by atoms with Crippen LogP contribution in [0.25, 0.3) is 0 Å². The first-order valence-electron chi connectivity index (χ1n) is 6.09. The molecule has 1 aliphatic heterocycles. The molecule has 0 bridgehead atoms. The molecule has 1 heterocycles. The molecule has 5 heteroatoms. The van der Waals surface area contributed by atoms with E-state index in [4.69, 9.17) is 15.3 Å². The van der Waals surface area contributed by atoms with E-state index in [0.29, 0.717) is 5.25 Å². The Morgan fingerprint density at radius 3 is 2.78 bits per heavy atom. The van der Waals surface area contributed by atoms with E-state index in [-0.39, 0.29) is 6.04 Å². The Morgan fingerprint density at radius 2 is 2.22 bits per heavy atom. The van der Waals surface area contributed by atoms with Gasteiger partial charge in [0.05, 0.1) is 20.3 Å². The highest BCUT2D eigenvalue weighted by Gasteiger charge is 2.28. The van der Waals surface area contributed by atoms with Gasteiger partial charge in [-0.15, -0.1) is 0 Å². The highest BCUT2D eigenvalue weighted by molar-refractivity contribution is 8.00. The molecule has 0 aliphatic carbocycles. The van der Waals surface area contributed by atoms with E-state index in [9.17, 15) is 0 Å². The summed E-state index contributed by atoms with van der Waals surface area (Å²) in [4.78, 5) is 0. The average molecular weight is 268 g/mol. The number of methoxy groups -OCH3 is 2. The SMILES string of the molecule is COc1ccc(OC)c(C(NN)C2CCCS2)c1. The van der Waals surface area contributed by atoms with Gasteiger partial charge in [0.15, 0.2) is 0 Å². The first-order chi connectivity index (χ1) is 8.80. The Kier molecular flexibility index (Phi) is 4.74. The summed E-state index contributed by atoms with van der Waals surface area (Å²) < 4.78 is 10.7. The topological polar surface area (TPSA) is 56.5 Å². The third-order valence-electron chi connectivity index (χ3n) is 3.29. The molecule has 1 aromatic rings. The summed E-state index contributed by atoms with van der Waals surface area (Å²) in [5, 5.41) is 0.496. The average Bonchev–Trinajstić information content (AvgIpc) is 2.93. The summed E-state index contributed by atoms with van der Waals surface area (Å²) in [5.74, 6) is 8.62. The van der Waals surface area contributed by atoms with Crippen LogP contribution < -0.4 is 20.7 Å². The lowest BCUT2D eigenvalue weighted by atomic mass is 10.00. The molecule has 4 nitrogen and oxygen atoms in total. The summed E-state index contributed by atoms with van der Waals surface area (Å²) >= 11 is 1.96. The van der Waals surface area contributed by atoms with Crippen LogP contribution >= 0.6 is 11.8 Å². The number of thioether (sulfide) groups is 1.